The van der Waals surface area contributed by atoms with Gasteiger partial charge in [-0.25, -0.2) is 4.98 Å². The Morgan fingerprint density at radius 1 is 0.553 bits per heavy atom. The number of rotatable bonds is 7. The molecule has 224 valence electrons. The van der Waals surface area contributed by atoms with Gasteiger partial charge in [0.2, 0.25) is 0 Å². The molecule has 0 aliphatic rings. The predicted octanol–water partition coefficient (Wildman–Crippen LogP) is 12.2. The summed E-state index contributed by atoms with van der Waals surface area (Å²) in [5.41, 5.74) is 10.2. The van der Waals surface area contributed by atoms with E-state index in [-0.39, 0.29) is 0 Å². The van der Waals surface area contributed by atoms with Gasteiger partial charge in [-0.15, -0.1) is 0 Å². The lowest BCUT2D eigenvalue weighted by molar-refractivity contribution is 1.05. The first-order chi connectivity index (χ1) is 23.2. The molecule has 1 aromatic heterocycles. The third kappa shape index (κ3) is 4.78. The van der Waals surface area contributed by atoms with Crippen LogP contribution in [0.2, 0.25) is 0 Å². The third-order valence-corrected chi connectivity index (χ3v) is 9.31. The van der Waals surface area contributed by atoms with Crippen LogP contribution in [0.3, 0.4) is 0 Å². The Kier molecular flexibility index (Phi) is 7.12. The van der Waals surface area contributed by atoms with Gasteiger partial charge in [-0.1, -0.05) is 135 Å². The molecule has 0 saturated carbocycles. The molecular formula is C45H34N2. The monoisotopic (exact) mass is 602 g/mol. The molecule has 0 atom stereocenters. The maximum absolute atomic E-state index is 5.00. The Balaban J connectivity index is 1.31. The number of hydrogen-bond donors (Lipinski definition) is 0. The van der Waals surface area contributed by atoms with Gasteiger partial charge in [0.25, 0.3) is 0 Å². The first-order valence-corrected chi connectivity index (χ1v) is 16.2. The number of aromatic nitrogens is 2. The number of para-hydroxylation sites is 1. The molecule has 2 heteroatoms. The summed E-state index contributed by atoms with van der Waals surface area (Å²) in [5.74, 6) is 0.867. The van der Waals surface area contributed by atoms with E-state index in [1.165, 1.54) is 54.7 Å². The van der Waals surface area contributed by atoms with E-state index >= 15 is 0 Å². The first-order valence-electron chi connectivity index (χ1n) is 16.2. The van der Waals surface area contributed by atoms with E-state index in [1.807, 2.05) is 24.3 Å². The fraction of sp³-hybridized carbons (Fsp3) is 0.0444. The second-order valence-corrected chi connectivity index (χ2v) is 12.0. The molecule has 0 aliphatic heterocycles. The van der Waals surface area contributed by atoms with Crippen molar-refractivity contribution in [3.05, 3.63) is 170 Å². The quantitative estimate of drug-likeness (QED) is 0.166. The van der Waals surface area contributed by atoms with Crippen LogP contribution in [-0.2, 0) is 6.42 Å². The van der Waals surface area contributed by atoms with Crippen molar-refractivity contribution >= 4 is 44.5 Å². The van der Waals surface area contributed by atoms with Gasteiger partial charge in [-0.05, 0) is 103 Å². The summed E-state index contributed by atoms with van der Waals surface area (Å²) in [6.45, 7) is 10.3. The van der Waals surface area contributed by atoms with Gasteiger partial charge in [0.1, 0.15) is 5.82 Å². The summed E-state index contributed by atoms with van der Waals surface area (Å²) >= 11 is 0. The predicted molar refractivity (Wildman–Crippen MR) is 202 cm³/mol. The highest BCUT2D eigenvalue weighted by molar-refractivity contribution is 6.21. The number of aryl methyl sites for hydroxylation is 1. The van der Waals surface area contributed by atoms with Crippen LogP contribution in [0.1, 0.15) is 23.9 Å². The largest absolute Gasteiger partial charge is 0.292 e. The molecule has 0 saturated heterocycles. The van der Waals surface area contributed by atoms with E-state index in [0.717, 1.165) is 40.3 Å². The average molecular weight is 603 g/mol. The van der Waals surface area contributed by atoms with E-state index in [1.54, 1.807) is 6.08 Å². The van der Waals surface area contributed by atoms with Crippen molar-refractivity contribution < 1.29 is 0 Å². The summed E-state index contributed by atoms with van der Waals surface area (Å²) in [4.78, 5) is 5.00. The van der Waals surface area contributed by atoms with Gasteiger partial charge in [0, 0.05) is 11.3 Å². The van der Waals surface area contributed by atoms with Gasteiger partial charge in [0.05, 0.1) is 11.4 Å². The molecule has 2 nitrogen and oxygen atoms in total. The Labute approximate surface area is 275 Å². The summed E-state index contributed by atoms with van der Waals surface area (Å²) in [6.07, 6.45) is 4.69. The molecular weight excluding hydrogens is 569 g/mol. The lowest BCUT2D eigenvalue weighted by atomic mass is 9.85. The Bertz CT molecular complexity index is 2410. The Hall–Kier alpha value is -5.99. The molecule has 0 radical (unpaired) electrons. The van der Waals surface area contributed by atoms with Crippen molar-refractivity contribution in [2.75, 3.05) is 0 Å². The number of nitrogens with zero attached hydrogens (tertiary/aromatic N) is 2. The minimum Gasteiger partial charge on any atom is -0.292 e. The number of hydrogen-bond acceptors (Lipinski definition) is 1. The highest BCUT2D eigenvalue weighted by Gasteiger charge is 2.19. The SMILES string of the molecule is C=Cc1nc(-c2ccc3cc(-c4c5ccccc5c(-c5ccc(CC)cc5)c5ccccc45)ccc3c2)n(-c2ccccc2)c1C=C. The van der Waals surface area contributed by atoms with E-state index in [4.69, 9.17) is 4.98 Å². The van der Waals surface area contributed by atoms with Crippen LogP contribution in [0.25, 0.3) is 83.8 Å². The van der Waals surface area contributed by atoms with Crippen LogP contribution in [0, 0.1) is 0 Å². The van der Waals surface area contributed by atoms with Crippen LogP contribution in [0.15, 0.2) is 153 Å². The summed E-state index contributed by atoms with van der Waals surface area (Å²) < 4.78 is 2.16. The summed E-state index contributed by atoms with van der Waals surface area (Å²) in [7, 11) is 0. The lowest BCUT2D eigenvalue weighted by Gasteiger charge is -2.18. The van der Waals surface area contributed by atoms with E-state index in [2.05, 4.69) is 146 Å². The molecule has 0 amide bonds. The molecule has 47 heavy (non-hydrogen) atoms. The maximum Gasteiger partial charge on any atom is 0.145 e. The van der Waals surface area contributed by atoms with Crippen molar-refractivity contribution in [1.82, 2.24) is 9.55 Å². The Morgan fingerprint density at radius 2 is 1.06 bits per heavy atom. The van der Waals surface area contributed by atoms with E-state index < -0.39 is 0 Å². The first kappa shape index (κ1) is 28.5. The molecule has 0 aliphatic carbocycles. The van der Waals surface area contributed by atoms with Crippen molar-refractivity contribution in [1.29, 1.82) is 0 Å². The van der Waals surface area contributed by atoms with E-state index in [0.29, 0.717) is 0 Å². The summed E-state index contributed by atoms with van der Waals surface area (Å²) in [5, 5.41) is 7.40. The Morgan fingerprint density at radius 3 is 1.62 bits per heavy atom. The summed E-state index contributed by atoms with van der Waals surface area (Å²) in [6, 6.07) is 50.5. The van der Waals surface area contributed by atoms with Crippen molar-refractivity contribution in [3.8, 4) is 39.3 Å². The van der Waals surface area contributed by atoms with Gasteiger partial charge >= 0.3 is 0 Å². The van der Waals surface area contributed by atoms with Crippen LogP contribution in [0.5, 0.6) is 0 Å². The molecule has 7 aromatic carbocycles. The zero-order chi connectivity index (χ0) is 31.9. The smallest absolute Gasteiger partial charge is 0.145 e. The van der Waals surface area contributed by atoms with Crippen LogP contribution >= 0.6 is 0 Å². The maximum atomic E-state index is 5.00. The second-order valence-electron chi connectivity index (χ2n) is 12.0. The van der Waals surface area contributed by atoms with Crippen LogP contribution < -0.4 is 0 Å². The van der Waals surface area contributed by atoms with Crippen LogP contribution in [0.4, 0.5) is 0 Å². The van der Waals surface area contributed by atoms with Crippen molar-refractivity contribution in [2.45, 2.75) is 13.3 Å². The van der Waals surface area contributed by atoms with Gasteiger partial charge in [0.15, 0.2) is 0 Å². The molecule has 1 heterocycles. The molecule has 0 spiro atoms. The zero-order valence-electron chi connectivity index (χ0n) is 26.4. The second kappa shape index (κ2) is 11.7. The molecule has 8 aromatic rings. The fourth-order valence-electron chi connectivity index (χ4n) is 7.03. The van der Waals surface area contributed by atoms with Gasteiger partial charge in [-0.2, -0.15) is 0 Å². The number of benzene rings is 7. The molecule has 0 fully saturated rings. The topological polar surface area (TPSA) is 17.8 Å². The molecule has 0 N–H and O–H groups in total. The van der Waals surface area contributed by atoms with Crippen molar-refractivity contribution in [2.24, 2.45) is 0 Å². The minimum absolute atomic E-state index is 0.817. The fourth-order valence-corrected chi connectivity index (χ4v) is 7.03. The molecule has 8 rings (SSSR count). The molecule has 0 bridgehead atoms. The van der Waals surface area contributed by atoms with Gasteiger partial charge in [-0.3, -0.25) is 4.57 Å². The van der Waals surface area contributed by atoms with Gasteiger partial charge < -0.3 is 0 Å². The lowest BCUT2D eigenvalue weighted by Crippen LogP contribution is -1.99. The number of fused-ring (bicyclic) bond motifs is 3. The highest BCUT2D eigenvalue weighted by Crippen LogP contribution is 2.44. The van der Waals surface area contributed by atoms with Crippen LogP contribution in [-0.4, -0.2) is 9.55 Å². The minimum atomic E-state index is 0.817. The third-order valence-electron chi connectivity index (χ3n) is 9.31. The van der Waals surface area contributed by atoms with Crippen molar-refractivity contribution in [3.63, 3.8) is 0 Å². The molecule has 0 unspecified atom stereocenters. The normalized spacial score (nSPS) is 11.3. The zero-order valence-corrected chi connectivity index (χ0v) is 26.4. The number of imidazole rings is 1. The highest BCUT2D eigenvalue weighted by atomic mass is 15.1. The standard InChI is InChI=1S/C45H34N2/c1-4-30-20-22-31(23-21-30)43-37-16-10-12-18-39(37)44(40-19-13-11-17-38(40)43)34-26-24-33-29-35(27-25-32(33)28-34)45-46-41(5-2)42(6-3)47(45)36-14-8-7-9-15-36/h5-29H,2-4H2,1H3. The van der Waals surface area contributed by atoms with E-state index in [9.17, 15) is 0 Å². The average Bonchev–Trinajstić information content (AvgIpc) is 3.53.